The number of hydrogen-bond acceptors (Lipinski definition) is 5. The number of hydrogen-bond donors (Lipinski definition) is 2. The number of aliphatic carboxylic acids is 1. The van der Waals surface area contributed by atoms with Crippen LogP contribution in [-0.2, 0) is 23.1 Å². The molecule has 1 aromatic rings. The van der Waals surface area contributed by atoms with Gasteiger partial charge in [0, 0.05) is 38.4 Å². The number of nitrogens with one attached hydrogen (secondary N) is 1. The molecule has 0 aromatic carbocycles. The highest BCUT2D eigenvalue weighted by atomic mass is 16.4. The molecule has 152 valence electrons. The molecule has 9 heteroatoms. The second-order valence-electron chi connectivity index (χ2n) is 7.33. The van der Waals surface area contributed by atoms with E-state index in [4.69, 9.17) is 5.11 Å². The normalized spacial score (nSPS) is 12.4. The third-order valence-corrected chi connectivity index (χ3v) is 4.23. The van der Waals surface area contributed by atoms with E-state index in [2.05, 4.69) is 5.32 Å². The number of carbonyl (C=O) groups excluding carboxylic acids is 1. The molecule has 2 N–H and O–H groups in total. The van der Waals surface area contributed by atoms with E-state index in [0.29, 0.717) is 25.1 Å². The molecule has 1 aromatic heterocycles. The Kier molecular flexibility index (Phi) is 8.42. The number of carboxylic acids is 1. The minimum atomic E-state index is -1.02. The Morgan fingerprint density at radius 2 is 1.85 bits per heavy atom. The fourth-order valence-corrected chi connectivity index (χ4v) is 2.70. The molecule has 9 nitrogen and oxygen atoms in total. The number of rotatable bonds is 10. The maximum Gasteiger partial charge on any atom is 0.317 e. The van der Waals surface area contributed by atoms with Crippen LogP contribution in [0.25, 0.3) is 0 Å². The standard InChI is InChI=1S/C18H30N4O5/c1-12(2)10-14(16(25)19-8-6-15(23)24)22-11-13(7-9-20(3)4)21(5)17(26)18(22)27/h11-12,14H,6-10H2,1-5H3,(H,19,25)(H,23,24)/t14-/m0/s1. The molecule has 1 atom stereocenters. The van der Waals surface area contributed by atoms with Crippen molar-refractivity contribution >= 4 is 11.9 Å². The van der Waals surface area contributed by atoms with Gasteiger partial charge in [0.2, 0.25) is 5.91 Å². The van der Waals surface area contributed by atoms with E-state index in [1.54, 1.807) is 13.2 Å². The molecule has 1 amide bonds. The van der Waals surface area contributed by atoms with Crippen molar-refractivity contribution in [3.05, 3.63) is 32.6 Å². The fourth-order valence-electron chi connectivity index (χ4n) is 2.70. The summed E-state index contributed by atoms with van der Waals surface area (Å²) in [7, 11) is 5.36. The second-order valence-corrected chi connectivity index (χ2v) is 7.33. The largest absolute Gasteiger partial charge is 0.481 e. The highest BCUT2D eigenvalue weighted by Gasteiger charge is 2.24. The molecular formula is C18H30N4O5. The molecular weight excluding hydrogens is 352 g/mol. The van der Waals surface area contributed by atoms with Crippen molar-refractivity contribution in [1.82, 2.24) is 19.4 Å². The molecule has 0 radical (unpaired) electrons. The van der Waals surface area contributed by atoms with Gasteiger partial charge in [-0.25, -0.2) is 0 Å². The Balaban J connectivity index is 3.27. The lowest BCUT2D eigenvalue weighted by Crippen LogP contribution is -2.47. The monoisotopic (exact) mass is 382 g/mol. The molecule has 0 spiro atoms. The van der Waals surface area contributed by atoms with Gasteiger partial charge in [-0.1, -0.05) is 13.8 Å². The summed E-state index contributed by atoms with van der Waals surface area (Å²) in [6, 6.07) is -0.863. The number of carbonyl (C=O) groups is 2. The Bertz CT molecular complexity index is 779. The van der Waals surface area contributed by atoms with E-state index >= 15 is 0 Å². The van der Waals surface area contributed by atoms with Gasteiger partial charge in [0.1, 0.15) is 6.04 Å². The van der Waals surface area contributed by atoms with E-state index in [9.17, 15) is 19.2 Å². The van der Waals surface area contributed by atoms with E-state index in [1.807, 2.05) is 32.8 Å². The summed E-state index contributed by atoms with van der Waals surface area (Å²) < 4.78 is 2.51. The molecule has 0 aliphatic carbocycles. The predicted molar refractivity (Wildman–Crippen MR) is 102 cm³/mol. The molecule has 0 unspecified atom stereocenters. The van der Waals surface area contributed by atoms with Crippen LogP contribution in [0.1, 0.15) is 38.4 Å². The molecule has 27 heavy (non-hydrogen) atoms. The summed E-state index contributed by atoms with van der Waals surface area (Å²) in [6.45, 7) is 4.48. The molecule has 0 aliphatic rings. The highest BCUT2D eigenvalue weighted by Crippen LogP contribution is 2.16. The van der Waals surface area contributed by atoms with Crippen molar-refractivity contribution in [2.75, 3.05) is 27.2 Å². The van der Waals surface area contributed by atoms with Gasteiger partial charge in [-0.15, -0.1) is 0 Å². The SMILES string of the molecule is CC(C)C[C@@H](C(=O)NCCC(=O)O)n1cc(CCN(C)C)n(C)c(=O)c1=O. The summed E-state index contributed by atoms with van der Waals surface area (Å²) in [5.41, 5.74) is -0.788. The zero-order chi connectivity index (χ0) is 20.7. The number of aromatic nitrogens is 2. The molecule has 0 saturated carbocycles. The number of likely N-dealkylation sites (N-methyl/N-ethyl adjacent to an activating group) is 1. The van der Waals surface area contributed by atoms with Crippen LogP contribution in [0.3, 0.4) is 0 Å². The van der Waals surface area contributed by atoms with Crippen LogP contribution in [-0.4, -0.2) is 58.2 Å². The zero-order valence-corrected chi connectivity index (χ0v) is 16.7. The third kappa shape index (κ3) is 6.67. The molecule has 0 saturated heterocycles. The quantitative estimate of drug-likeness (QED) is 0.543. The smallest absolute Gasteiger partial charge is 0.317 e. The van der Waals surface area contributed by atoms with Gasteiger partial charge in [-0.3, -0.25) is 23.7 Å². The Morgan fingerprint density at radius 1 is 1.22 bits per heavy atom. The fraction of sp³-hybridized carbons (Fsp3) is 0.667. The molecule has 1 heterocycles. The Morgan fingerprint density at radius 3 is 2.37 bits per heavy atom. The second kappa shape index (κ2) is 10.1. The topological polar surface area (TPSA) is 114 Å². The first-order valence-electron chi connectivity index (χ1n) is 8.99. The van der Waals surface area contributed by atoms with Crippen LogP contribution in [0.15, 0.2) is 15.8 Å². The van der Waals surface area contributed by atoms with E-state index in [0.717, 1.165) is 0 Å². The third-order valence-electron chi connectivity index (χ3n) is 4.23. The first-order chi connectivity index (χ1) is 12.5. The minimum Gasteiger partial charge on any atom is -0.481 e. The van der Waals surface area contributed by atoms with Crippen molar-refractivity contribution < 1.29 is 14.7 Å². The molecule has 0 fully saturated rings. The summed E-state index contributed by atoms with van der Waals surface area (Å²) >= 11 is 0. The lowest BCUT2D eigenvalue weighted by atomic mass is 10.0. The predicted octanol–water partition coefficient (Wildman–Crippen LogP) is -0.171. The van der Waals surface area contributed by atoms with Crippen LogP contribution in [0.2, 0.25) is 0 Å². The van der Waals surface area contributed by atoms with E-state index < -0.39 is 29.0 Å². The average molecular weight is 382 g/mol. The zero-order valence-electron chi connectivity index (χ0n) is 16.7. The van der Waals surface area contributed by atoms with Gasteiger partial charge >= 0.3 is 17.1 Å². The number of nitrogens with zero attached hydrogens (tertiary/aromatic N) is 3. The van der Waals surface area contributed by atoms with Gasteiger partial charge < -0.3 is 19.9 Å². The minimum absolute atomic E-state index is 0.0319. The van der Waals surface area contributed by atoms with Crippen LogP contribution >= 0.6 is 0 Å². The van der Waals surface area contributed by atoms with Crippen molar-refractivity contribution in [2.24, 2.45) is 13.0 Å². The van der Waals surface area contributed by atoms with E-state index in [-0.39, 0.29) is 18.9 Å². The van der Waals surface area contributed by atoms with Gasteiger partial charge in [-0.2, -0.15) is 0 Å². The van der Waals surface area contributed by atoms with Gasteiger partial charge in [-0.05, 0) is 26.4 Å². The molecule has 1 rings (SSSR count). The molecule has 0 bridgehead atoms. The first kappa shape index (κ1) is 22.6. The summed E-state index contributed by atoms with van der Waals surface area (Å²) in [4.78, 5) is 50.1. The van der Waals surface area contributed by atoms with Crippen LogP contribution in [0.5, 0.6) is 0 Å². The van der Waals surface area contributed by atoms with Crippen LogP contribution in [0, 0.1) is 5.92 Å². The maximum atomic E-state index is 12.6. The van der Waals surface area contributed by atoms with Crippen molar-refractivity contribution in [2.45, 2.75) is 39.2 Å². The summed E-state index contributed by atoms with van der Waals surface area (Å²) in [5.74, 6) is -1.38. The van der Waals surface area contributed by atoms with Gasteiger partial charge in [0.25, 0.3) is 0 Å². The highest BCUT2D eigenvalue weighted by molar-refractivity contribution is 5.80. The average Bonchev–Trinajstić information content (AvgIpc) is 2.56. The summed E-state index contributed by atoms with van der Waals surface area (Å²) in [5, 5.41) is 11.3. The van der Waals surface area contributed by atoms with Gasteiger partial charge in [0.05, 0.1) is 6.42 Å². The van der Waals surface area contributed by atoms with Crippen molar-refractivity contribution in [1.29, 1.82) is 0 Å². The van der Waals surface area contributed by atoms with Crippen LogP contribution in [0.4, 0.5) is 0 Å². The summed E-state index contributed by atoms with van der Waals surface area (Å²) in [6.07, 6.45) is 2.27. The molecule has 0 aliphatic heterocycles. The lowest BCUT2D eigenvalue weighted by Gasteiger charge is -2.22. The van der Waals surface area contributed by atoms with Gasteiger partial charge in [0.15, 0.2) is 0 Å². The van der Waals surface area contributed by atoms with Crippen molar-refractivity contribution in [3.63, 3.8) is 0 Å². The maximum absolute atomic E-state index is 12.6. The Hall–Kier alpha value is -2.42. The number of amides is 1. The van der Waals surface area contributed by atoms with E-state index in [1.165, 1.54) is 9.13 Å². The first-order valence-corrected chi connectivity index (χ1v) is 8.99. The van der Waals surface area contributed by atoms with Crippen molar-refractivity contribution in [3.8, 4) is 0 Å². The number of carboxylic acid groups (broad SMARTS) is 1. The lowest BCUT2D eigenvalue weighted by molar-refractivity contribution is -0.137. The Labute approximate surface area is 158 Å². The van der Waals surface area contributed by atoms with Crippen LogP contribution < -0.4 is 16.4 Å².